The molecule has 7 heteroatoms. The van der Waals surface area contributed by atoms with E-state index in [9.17, 15) is 24.9 Å². The highest BCUT2D eigenvalue weighted by molar-refractivity contribution is 6.02. The van der Waals surface area contributed by atoms with Crippen LogP contribution in [0.3, 0.4) is 0 Å². The Morgan fingerprint density at radius 3 is 2.58 bits per heavy atom. The molecule has 0 bridgehead atoms. The van der Waals surface area contributed by atoms with Crippen LogP contribution in [0.2, 0.25) is 0 Å². The zero-order valence-electron chi connectivity index (χ0n) is 20.1. The van der Waals surface area contributed by atoms with Crippen molar-refractivity contribution in [2.75, 3.05) is 0 Å². The van der Waals surface area contributed by atoms with E-state index in [0.717, 1.165) is 24.8 Å². The van der Waals surface area contributed by atoms with E-state index in [1.807, 2.05) is 0 Å². The standard InChI is InChI=1S/C26H35NO6/c1-13-6-7-19-24(3,4)20(29)8-9-25(19,5)26(13)11-16-18(28)10-15-17(21(16)33-26)12-27(22(15)30)14(2)23(31)32/h10,13-14,19-20,28-29H,6-9,11-12H2,1-5H3,(H,31,32)/t13-,14-,19-,20+,25-,26-/m1/s1. The minimum absolute atomic E-state index is 0.0480. The number of ether oxygens (including phenoxy) is 1. The van der Waals surface area contributed by atoms with E-state index in [1.165, 1.54) is 17.9 Å². The maximum Gasteiger partial charge on any atom is 0.326 e. The Labute approximate surface area is 194 Å². The van der Waals surface area contributed by atoms with Gasteiger partial charge in [0.15, 0.2) is 0 Å². The minimum Gasteiger partial charge on any atom is -0.508 e. The van der Waals surface area contributed by atoms with Crippen LogP contribution in [0, 0.1) is 22.7 Å². The summed E-state index contributed by atoms with van der Waals surface area (Å²) >= 11 is 0. The summed E-state index contributed by atoms with van der Waals surface area (Å²) in [4.78, 5) is 25.9. The zero-order valence-corrected chi connectivity index (χ0v) is 20.1. The van der Waals surface area contributed by atoms with Crippen LogP contribution in [0.5, 0.6) is 11.5 Å². The largest absolute Gasteiger partial charge is 0.508 e. The Hall–Kier alpha value is -2.28. The molecule has 33 heavy (non-hydrogen) atoms. The second kappa shape index (κ2) is 6.87. The molecule has 180 valence electrons. The SMILES string of the molecule is C[C@H](C(=O)O)N1Cc2c(cc(O)c3c2O[C@]2(C3)[C@H](C)CC[C@@H]3C(C)(C)[C@@H](O)CC[C@]32C)C1=O. The number of benzene rings is 1. The quantitative estimate of drug-likeness (QED) is 0.625. The Balaban J connectivity index is 1.60. The monoisotopic (exact) mass is 457 g/mol. The molecule has 2 saturated carbocycles. The first kappa shape index (κ1) is 22.5. The number of hydrogen-bond donors (Lipinski definition) is 3. The summed E-state index contributed by atoms with van der Waals surface area (Å²) in [7, 11) is 0. The van der Waals surface area contributed by atoms with Crippen molar-refractivity contribution in [3.8, 4) is 11.5 Å². The summed E-state index contributed by atoms with van der Waals surface area (Å²) in [6.45, 7) is 10.5. The van der Waals surface area contributed by atoms with Crippen molar-refractivity contribution in [1.29, 1.82) is 0 Å². The Morgan fingerprint density at radius 2 is 1.91 bits per heavy atom. The molecule has 6 atom stereocenters. The number of aliphatic hydroxyl groups is 1. The summed E-state index contributed by atoms with van der Waals surface area (Å²) < 4.78 is 6.94. The van der Waals surface area contributed by atoms with Crippen molar-refractivity contribution in [3.05, 3.63) is 22.8 Å². The van der Waals surface area contributed by atoms with Gasteiger partial charge in [-0.15, -0.1) is 0 Å². The topological polar surface area (TPSA) is 107 Å². The Kier molecular flexibility index (Phi) is 4.69. The fraction of sp³-hybridized carbons (Fsp3) is 0.692. The number of fused-ring (bicyclic) bond motifs is 5. The number of amides is 1. The number of phenols is 1. The average molecular weight is 458 g/mol. The summed E-state index contributed by atoms with van der Waals surface area (Å²) in [5.74, 6) is -0.333. The van der Waals surface area contributed by atoms with E-state index >= 15 is 0 Å². The van der Waals surface area contributed by atoms with Crippen molar-refractivity contribution in [2.45, 2.75) is 91.0 Å². The van der Waals surface area contributed by atoms with Gasteiger partial charge in [0, 0.05) is 23.0 Å². The lowest BCUT2D eigenvalue weighted by Crippen LogP contribution is -2.66. The first-order valence-corrected chi connectivity index (χ1v) is 12.1. The van der Waals surface area contributed by atoms with Crippen LogP contribution >= 0.6 is 0 Å². The molecule has 7 nitrogen and oxygen atoms in total. The van der Waals surface area contributed by atoms with Gasteiger partial charge in [0.05, 0.1) is 18.2 Å². The summed E-state index contributed by atoms with van der Waals surface area (Å²) in [5.41, 5.74) is 0.752. The van der Waals surface area contributed by atoms with Crippen LogP contribution in [-0.2, 0) is 17.8 Å². The van der Waals surface area contributed by atoms with Crippen molar-refractivity contribution in [1.82, 2.24) is 4.90 Å². The summed E-state index contributed by atoms with van der Waals surface area (Å²) in [6.07, 6.45) is 3.74. The number of aliphatic carboxylic acids is 1. The second-order valence-corrected chi connectivity index (χ2v) is 11.7. The third-order valence-corrected chi connectivity index (χ3v) is 9.95. The van der Waals surface area contributed by atoms with E-state index in [-0.39, 0.29) is 47.0 Å². The molecule has 2 heterocycles. The summed E-state index contributed by atoms with van der Waals surface area (Å²) in [6, 6.07) is 0.532. The fourth-order valence-electron chi connectivity index (χ4n) is 7.74. The maximum absolute atomic E-state index is 13.0. The zero-order chi connectivity index (χ0) is 24.1. The predicted molar refractivity (Wildman–Crippen MR) is 121 cm³/mol. The number of nitrogens with zero attached hydrogens (tertiary/aromatic N) is 1. The smallest absolute Gasteiger partial charge is 0.326 e. The number of hydrogen-bond acceptors (Lipinski definition) is 5. The summed E-state index contributed by atoms with van der Waals surface area (Å²) in [5, 5.41) is 31.2. The Morgan fingerprint density at radius 1 is 1.21 bits per heavy atom. The molecule has 1 aromatic carbocycles. The number of phenolic OH excluding ortho intramolecular Hbond substituents is 1. The highest BCUT2D eigenvalue weighted by Crippen LogP contribution is 2.67. The molecular weight excluding hydrogens is 422 g/mol. The molecule has 2 aliphatic heterocycles. The number of carbonyl (C=O) groups is 2. The van der Waals surface area contributed by atoms with E-state index < -0.39 is 17.6 Å². The molecule has 0 saturated heterocycles. The molecular formula is C26H35NO6. The van der Waals surface area contributed by atoms with Crippen LogP contribution in [-0.4, -0.2) is 49.8 Å². The number of aromatic hydroxyl groups is 1. The minimum atomic E-state index is -1.06. The van der Waals surface area contributed by atoms with Gasteiger partial charge in [-0.05, 0) is 55.9 Å². The van der Waals surface area contributed by atoms with Crippen LogP contribution < -0.4 is 4.74 Å². The van der Waals surface area contributed by atoms with Crippen LogP contribution in [0.4, 0.5) is 0 Å². The lowest BCUT2D eigenvalue weighted by molar-refractivity contribution is -0.210. The van der Waals surface area contributed by atoms with Gasteiger partial charge in [0.25, 0.3) is 5.91 Å². The van der Waals surface area contributed by atoms with Crippen LogP contribution in [0.25, 0.3) is 0 Å². The van der Waals surface area contributed by atoms with Gasteiger partial charge in [0.2, 0.25) is 0 Å². The molecule has 1 spiro atoms. The number of carbonyl (C=O) groups excluding carboxylic acids is 1. The first-order chi connectivity index (χ1) is 15.3. The second-order valence-electron chi connectivity index (χ2n) is 11.7. The Bertz CT molecular complexity index is 1050. The highest BCUT2D eigenvalue weighted by atomic mass is 16.5. The fourth-order valence-corrected chi connectivity index (χ4v) is 7.74. The third kappa shape index (κ3) is 2.71. The average Bonchev–Trinajstić information content (AvgIpc) is 3.30. The van der Waals surface area contributed by atoms with Gasteiger partial charge in [-0.1, -0.05) is 27.7 Å². The van der Waals surface area contributed by atoms with E-state index in [2.05, 4.69) is 27.7 Å². The van der Waals surface area contributed by atoms with Crippen molar-refractivity contribution >= 4 is 11.9 Å². The van der Waals surface area contributed by atoms with E-state index in [4.69, 9.17) is 4.74 Å². The van der Waals surface area contributed by atoms with Crippen LogP contribution in [0.1, 0.15) is 81.8 Å². The number of aliphatic hydroxyl groups excluding tert-OH is 1. The van der Waals surface area contributed by atoms with Crippen molar-refractivity contribution in [2.24, 2.45) is 22.7 Å². The molecule has 0 radical (unpaired) electrons. The van der Waals surface area contributed by atoms with Gasteiger partial charge >= 0.3 is 5.97 Å². The third-order valence-electron chi connectivity index (χ3n) is 9.95. The molecule has 1 amide bonds. The molecule has 4 aliphatic rings. The molecule has 3 N–H and O–H groups in total. The predicted octanol–water partition coefficient (Wildman–Crippen LogP) is 3.73. The van der Waals surface area contributed by atoms with Gasteiger partial charge in [-0.2, -0.15) is 0 Å². The van der Waals surface area contributed by atoms with Crippen LogP contribution in [0.15, 0.2) is 6.07 Å². The van der Waals surface area contributed by atoms with E-state index in [0.29, 0.717) is 29.7 Å². The lowest BCUT2D eigenvalue weighted by atomic mass is 9.43. The first-order valence-electron chi connectivity index (χ1n) is 12.1. The molecule has 2 aliphatic carbocycles. The number of rotatable bonds is 2. The number of carboxylic acid groups (broad SMARTS) is 1. The van der Waals surface area contributed by atoms with Crippen molar-refractivity contribution in [3.63, 3.8) is 0 Å². The normalized spacial score (nSPS) is 37.3. The highest BCUT2D eigenvalue weighted by Gasteiger charge is 2.67. The number of carboxylic acids is 1. The van der Waals surface area contributed by atoms with E-state index in [1.54, 1.807) is 0 Å². The van der Waals surface area contributed by atoms with Gasteiger partial charge in [-0.25, -0.2) is 4.79 Å². The maximum atomic E-state index is 13.0. The molecule has 1 aromatic rings. The molecule has 5 rings (SSSR count). The van der Waals surface area contributed by atoms with Crippen molar-refractivity contribution < 1.29 is 29.6 Å². The van der Waals surface area contributed by atoms with Gasteiger partial charge in [-0.3, -0.25) is 4.79 Å². The van der Waals surface area contributed by atoms with Gasteiger partial charge < -0.3 is 25.0 Å². The lowest BCUT2D eigenvalue weighted by Gasteiger charge is -2.64. The molecule has 2 fully saturated rings. The molecule has 0 unspecified atom stereocenters. The molecule has 0 aromatic heterocycles. The van der Waals surface area contributed by atoms with Gasteiger partial charge in [0.1, 0.15) is 23.1 Å².